The third kappa shape index (κ3) is 4.00. The van der Waals surface area contributed by atoms with Gasteiger partial charge in [0.2, 0.25) is 0 Å². The lowest BCUT2D eigenvalue weighted by molar-refractivity contribution is -0.384. The zero-order valence-electron chi connectivity index (χ0n) is 13.4. The van der Waals surface area contributed by atoms with Gasteiger partial charge in [0.1, 0.15) is 0 Å². The number of esters is 1. The number of nitro benzene ring substituents is 1. The van der Waals surface area contributed by atoms with Crippen molar-refractivity contribution in [3.8, 4) is 0 Å². The molecule has 1 aliphatic rings. The molecule has 0 spiro atoms. The maximum Gasteiger partial charge on any atom is 0.338 e. The van der Waals surface area contributed by atoms with Gasteiger partial charge < -0.3 is 4.74 Å². The van der Waals surface area contributed by atoms with Gasteiger partial charge in [-0.05, 0) is 25.8 Å². The van der Waals surface area contributed by atoms with Crippen LogP contribution in [0.4, 0.5) is 10.8 Å². The Morgan fingerprint density at radius 2 is 2.08 bits per heavy atom. The first-order valence-electron chi connectivity index (χ1n) is 7.71. The second kappa shape index (κ2) is 6.98. The smallest absolute Gasteiger partial charge is 0.338 e. The molecule has 1 fully saturated rings. The molecule has 1 saturated carbocycles. The number of thiazole rings is 1. The highest BCUT2D eigenvalue weighted by molar-refractivity contribution is 7.14. The van der Waals surface area contributed by atoms with Crippen LogP contribution in [0.25, 0.3) is 0 Å². The maximum absolute atomic E-state index is 12.4. The number of non-ortho nitro benzene ring substituents is 1. The quantitative estimate of drug-likeness (QED) is 0.480. The van der Waals surface area contributed by atoms with Gasteiger partial charge in [-0.15, -0.1) is 11.3 Å². The number of amides is 1. The van der Waals surface area contributed by atoms with Crippen molar-refractivity contribution < 1.29 is 19.2 Å². The van der Waals surface area contributed by atoms with Crippen LogP contribution in [-0.2, 0) is 4.74 Å². The van der Waals surface area contributed by atoms with Gasteiger partial charge in [-0.2, -0.15) is 0 Å². The Bertz CT molecular complexity index is 844. The van der Waals surface area contributed by atoms with Gasteiger partial charge in [0.05, 0.1) is 22.8 Å². The summed E-state index contributed by atoms with van der Waals surface area (Å²) in [5.41, 5.74) is 0.555. The van der Waals surface area contributed by atoms with Gasteiger partial charge in [0.15, 0.2) is 5.13 Å². The minimum atomic E-state index is -0.717. The summed E-state index contributed by atoms with van der Waals surface area (Å²) in [4.78, 5) is 39.0. The third-order valence-corrected chi connectivity index (χ3v) is 4.42. The number of benzene rings is 1. The van der Waals surface area contributed by atoms with Crippen LogP contribution >= 0.6 is 11.3 Å². The first-order valence-corrected chi connectivity index (χ1v) is 8.59. The summed E-state index contributed by atoms with van der Waals surface area (Å²) in [7, 11) is 0. The van der Waals surface area contributed by atoms with E-state index in [4.69, 9.17) is 4.74 Å². The van der Waals surface area contributed by atoms with Crippen LogP contribution in [0.3, 0.4) is 0 Å². The Hall–Kier alpha value is -2.81. The van der Waals surface area contributed by atoms with E-state index in [0.29, 0.717) is 11.0 Å². The molecule has 1 aromatic heterocycles. The van der Waals surface area contributed by atoms with Gasteiger partial charge in [-0.3, -0.25) is 20.2 Å². The van der Waals surface area contributed by atoms with Gasteiger partial charge in [-0.25, -0.2) is 9.78 Å². The van der Waals surface area contributed by atoms with Crippen LogP contribution in [0.2, 0.25) is 0 Å². The summed E-state index contributed by atoms with van der Waals surface area (Å²) in [6.45, 7) is 1.76. The van der Waals surface area contributed by atoms with Crippen molar-refractivity contribution in [3.05, 3.63) is 50.5 Å². The highest BCUT2D eigenvalue weighted by Gasteiger charge is 2.26. The molecule has 1 aromatic carbocycles. The number of rotatable bonds is 6. The predicted octanol–water partition coefficient (Wildman–Crippen LogP) is 3.36. The molecule has 0 unspecified atom stereocenters. The Labute approximate surface area is 147 Å². The molecule has 1 aliphatic carbocycles. The molecule has 0 saturated heterocycles. The summed E-state index contributed by atoms with van der Waals surface area (Å²) in [5, 5.41) is 16.0. The number of aromatic nitrogens is 1. The summed E-state index contributed by atoms with van der Waals surface area (Å²) < 4.78 is 4.85. The number of hydrogen-bond acceptors (Lipinski definition) is 7. The molecule has 1 heterocycles. The van der Waals surface area contributed by atoms with Crippen LogP contribution in [0.1, 0.15) is 52.1 Å². The number of ether oxygens (including phenoxy) is 1. The Morgan fingerprint density at radius 3 is 2.72 bits per heavy atom. The molecule has 25 heavy (non-hydrogen) atoms. The average molecular weight is 361 g/mol. The molecule has 1 amide bonds. The molecule has 9 heteroatoms. The number of nitro groups is 1. The number of hydrogen-bond donors (Lipinski definition) is 1. The van der Waals surface area contributed by atoms with Gasteiger partial charge >= 0.3 is 5.97 Å². The highest BCUT2D eigenvalue weighted by Crippen LogP contribution is 2.40. The van der Waals surface area contributed by atoms with Gasteiger partial charge in [0, 0.05) is 29.0 Å². The maximum atomic E-state index is 12.4. The fraction of sp³-hybridized carbons (Fsp3) is 0.312. The number of nitrogens with one attached hydrogen (secondary N) is 1. The average Bonchev–Trinajstić information content (AvgIpc) is 3.34. The van der Waals surface area contributed by atoms with Crippen LogP contribution in [0.15, 0.2) is 23.6 Å². The van der Waals surface area contributed by atoms with E-state index in [0.717, 1.165) is 30.7 Å². The predicted molar refractivity (Wildman–Crippen MR) is 91.1 cm³/mol. The lowest BCUT2D eigenvalue weighted by Crippen LogP contribution is -2.14. The lowest BCUT2D eigenvalue weighted by Gasteiger charge is -2.06. The molecule has 0 radical (unpaired) electrons. The van der Waals surface area contributed by atoms with E-state index in [1.54, 1.807) is 6.92 Å². The first-order chi connectivity index (χ1) is 12.0. The third-order valence-electron chi connectivity index (χ3n) is 3.64. The van der Waals surface area contributed by atoms with E-state index >= 15 is 0 Å². The van der Waals surface area contributed by atoms with Gasteiger partial charge in [-0.1, -0.05) is 0 Å². The van der Waals surface area contributed by atoms with Gasteiger partial charge in [0.25, 0.3) is 11.6 Å². The molecule has 130 valence electrons. The summed E-state index contributed by atoms with van der Waals surface area (Å²) in [5.74, 6) is -0.813. The second-order valence-corrected chi connectivity index (χ2v) is 6.41. The molecular formula is C16H15N3O5S. The normalized spacial score (nSPS) is 13.3. The summed E-state index contributed by atoms with van der Waals surface area (Å²) >= 11 is 1.30. The van der Waals surface area contributed by atoms with Crippen molar-refractivity contribution in [1.82, 2.24) is 4.98 Å². The first kappa shape index (κ1) is 17.0. The van der Waals surface area contributed by atoms with Crippen LogP contribution < -0.4 is 5.32 Å². The molecule has 3 rings (SSSR count). The van der Waals surface area contributed by atoms with Crippen LogP contribution in [0, 0.1) is 10.1 Å². The van der Waals surface area contributed by atoms with E-state index in [1.807, 2.05) is 5.38 Å². The van der Waals surface area contributed by atoms with E-state index in [1.165, 1.54) is 17.4 Å². The zero-order chi connectivity index (χ0) is 18.0. The lowest BCUT2D eigenvalue weighted by atomic mass is 10.1. The summed E-state index contributed by atoms with van der Waals surface area (Å²) in [6.07, 6.45) is 2.20. The standard InChI is InChI=1S/C16H15N3O5S/c1-2-24-15(21)11-5-10(6-12(7-11)19(22)23)14(20)18-16-17-13(8-25-16)9-3-4-9/h5-9H,2-4H2,1H3,(H,17,18,20). The minimum Gasteiger partial charge on any atom is -0.462 e. The Morgan fingerprint density at radius 1 is 1.36 bits per heavy atom. The molecular weight excluding hydrogens is 346 g/mol. The van der Waals surface area contributed by atoms with E-state index in [9.17, 15) is 19.7 Å². The number of carbonyl (C=O) groups is 2. The van der Waals surface area contributed by atoms with E-state index in [2.05, 4.69) is 10.3 Å². The molecule has 0 bridgehead atoms. The molecule has 2 aromatic rings. The second-order valence-electron chi connectivity index (χ2n) is 5.55. The largest absolute Gasteiger partial charge is 0.462 e. The van der Waals surface area contributed by atoms with Crippen molar-refractivity contribution >= 4 is 34.0 Å². The topological polar surface area (TPSA) is 111 Å². The van der Waals surface area contributed by atoms with Crippen molar-refractivity contribution in [2.75, 3.05) is 11.9 Å². The number of nitrogens with zero attached hydrogens (tertiary/aromatic N) is 2. The molecule has 1 N–H and O–H groups in total. The number of carbonyl (C=O) groups excluding carboxylic acids is 2. The highest BCUT2D eigenvalue weighted by atomic mass is 32.1. The van der Waals surface area contributed by atoms with Crippen LogP contribution in [-0.4, -0.2) is 28.4 Å². The monoisotopic (exact) mass is 361 g/mol. The van der Waals surface area contributed by atoms with Crippen molar-refractivity contribution in [2.45, 2.75) is 25.7 Å². The molecule has 8 nitrogen and oxygen atoms in total. The minimum absolute atomic E-state index is 0.000394. The van der Waals surface area contributed by atoms with Crippen molar-refractivity contribution in [3.63, 3.8) is 0 Å². The summed E-state index contributed by atoms with van der Waals surface area (Å²) in [6, 6.07) is 3.48. The molecule has 0 aliphatic heterocycles. The SMILES string of the molecule is CCOC(=O)c1cc(C(=O)Nc2nc(C3CC3)cs2)cc([N+](=O)[O-])c1. The number of anilines is 1. The zero-order valence-corrected chi connectivity index (χ0v) is 14.2. The Kier molecular flexibility index (Phi) is 4.75. The van der Waals surface area contributed by atoms with E-state index in [-0.39, 0.29) is 23.4 Å². The van der Waals surface area contributed by atoms with Crippen LogP contribution in [0.5, 0.6) is 0 Å². The fourth-order valence-electron chi connectivity index (χ4n) is 2.26. The molecule has 0 atom stereocenters. The van der Waals surface area contributed by atoms with E-state index < -0.39 is 16.8 Å². The fourth-order valence-corrected chi connectivity index (χ4v) is 3.05. The van der Waals surface area contributed by atoms with Crippen molar-refractivity contribution in [1.29, 1.82) is 0 Å². The Balaban J connectivity index is 1.84. The van der Waals surface area contributed by atoms with Crippen molar-refractivity contribution in [2.24, 2.45) is 0 Å².